The van der Waals surface area contributed by atoms with Crippen molar-refractivity contribution in [1.29, 1.82) is 0 Å². The zero-order chi connectivity index (χ0) is 27.4. The van der Waals surface area contributed by atoms with E-state index < -0.39 is 11.7 Å². The molecule has 0 aliphatic rings. The van der Waals surface area contributed by atoms with Crippen molar-refractivity contribution in [3.63, 3.8) is 0 Å². The lowest BCUT2D eigenvalue weighted by atomic mass is 10.1. The predicted molar refractivity (Wildman–Crippen MR) is 141 cm³/mol. The lowest BCUT2D eigenvalue weighted by molar-refractivity contribution is -0.117. The summed E-state index contributed by atoms with van der Waals surface area (Å²) < 4.78 is 17.7. The summed E-state index contributed by atoms with van der Waals surface area (Å²) in [7, 11) is 1.83. The van der Waals surface area contributed by atoms with E-state index in [-0.39, 0.29) is 30.8 Å². The molecule has 0 aliphatic carbocycles. The predicted octanol–water partition coefficient (Wildman–Crippen LogP) is 3.68. The molecule has 0 spiro atoms. The number of nitrogens with one attached hydrogen (secondary N) is 3. The molecule has 1 aromatic carbocycles. The highest BCUT2D eigenvalue weighted by atomic mass is 16.6. The quantitative estimate of drug-likeness (QED) is 0.345. The van der Waals surface area contributed by atoms with Crippen LogP contribution in [-0.2, 0) is 26.1 Å². The van der Waals surface area contributed by atoms with Crippen LogP contribution < -0.4 is 16.0 Å². The number of hydrogen-bond donors (Lipinski definition) is 3. The van der Waals surface area contributed by atoms with Crippen LogP contribution in [0.2, 0.25) is 0 Å². The molecule has 1 aromatic heterocycles. The maximum absolute atomic E-state index is 12.8. The summed E-state index contributed by atoms with van der Waals surface area (Å²) in [5.41, 5.74) is 1.20. The molecular formula is C26H39N5O6. The number of nitrogens with zero attached hydrogens (tertiary/aromatic N) is 2. The summed E-state index contributed by atoms with van der Waals surface area (Å²) in [5, 5.41) is 12.5. The van der Waals surface area contributed by atoms with Crippen molar-refractivity contribution in [2.45, 2.75) is 52.6 Å². The fraction of sp³-hybridized carbons (Fsp3) is 0.538. The molecule has 0 unspecified atom stereocenters. The van der Waals surface area contributed by atoms with E-state index in [0.717, 1.165) is 5.69 Å². The van der Waals surface area contributed by atoms with Gasteiger partial charge in [-0.1, -0.05) is 26.0 Å². The van der Waals surface area contributed by atoms with Gasteiger partial charge in [-0.2, -0.15) is 5.10 Å². The molecule has 0 bridgehead atoms. The number of ether oxygens (including phenoxy) is 3. The van der Waals surface area contributed by atoms with Gasteiger partial charge in [0.1, 0.15) is 5.60 Å². The van der Waals surface area contributed by atoms with Crippen molar-refractivity contribution in [3.05, 3.63) is 41.6 Å². The standard InChI is InChI=1S/C26H39N5O6/c1-18(2)21-17-22(30-31(21)6)29-24(33)19-9-7-8-10-20(19)28-23(32)11-13-35-15-16-36-14-12-27-25(34)37-26(3,4)5/h7-10,17-18H,11-16H2,1-6H3,(H,27,34)(H,28,32)(H,29,30,33). The number of amides is 3. The van der Waals surface area contributed by atoms with Gasteiger partial charge in [0.2, 0.25) is 5.91 Å². The minimum atomic E-state index is -0.545. The van der Waals surface area contributed by atoms with Crippen LogP contribution in [0.5, 0.6) is 0 Å². The number of anilines is 2. The van der Waals surface area contributed by atoms with Crippen LogP contribution >= 0.6 is 0 Å². The first-order chi connectivity index (χ1) is 17.5. The number of hydrogen-bond acceptors (Lipinski definition) is 7. The number of carbonyl (C=O) groups excluding carboxylic acids is 3. The molecule has 1 heterocycles. The third kappa shape index (κ3) is 11.0. The van der Waals surface area contributed by atoms with Gasteiger partial charge < -0.3 is 30.2 Å². The van der Waals surface area contributed by atoms with Crippen LogP contribution in [0, 0.1) is 0 Å². The van der Waals surface area contributed by atoms with Crippen LogP contribution in [0.1, 0.15) is 63.0 Å². The molecule has 2 aromatic rings. The van der Waals surface area contributed by atoms with Crippen molar-refractivity contribution in [1.82, 2.24) is 15.1 Å². The summed E-state index contributed by atoms with van der Waals surface area (Å²) in [5.74, 6) is 0.0831. The lowest BCUT2D eigenvalue weighted by Gasteiger charge is -2.19. The van der Waals surface area contributed by atoms with Crippen molar-refractivity contribution in [3.8, 4) is 0 Å². The first-order valence-corrected chi connectivity index (χ1v) is 12.3. The normalized spacial score (nSPS) is 11.3. The van der Waals surface area contributed by atoms with Gasteiger partial charge in [-0.3, -0.25) is 14.3 Å². The smallest absolute Gasteiger partial charge is 0.407 e. The molecule has 37 heavy (non-hydrogen) atoms. The van der Waals surface area contributed by atoms with Gasteiger partial charge in [-0.25, -0.2) is 4.79 Å². The number of benzene rings is 1. The second kappa shape index (κ2) is 14.3. The molecule has 0 saturated carbocycles. The highest BCUT2D eigenvalue weighted by molar-refractivity contribution is 6.09. The van der Waals surface area contributed by atoms with Crippen LogP contribution in [-0.4, -0.2) is 66.3 Å². The van der Waals surface area contributed by atoms with Gasteiger partial charge in [0.15, 0.2) is 5.82 Å². The van der Waals surface area contributed by atoms with Crippen molar-refractivity contribution < 1.29 is 28.6 Å². The van der Waals surface area contributed by atoms with Crippen molar-refractivity contribution >= 4 is 29.4 Å². The Hall–Kier alpha value is -3.44. The first kappa shape index (κ1) is 29.8. The van der Waals surface area contributed by atoms with E-state index in [4.69, 9.17) is 14.2 Å². The molecule has 11 heteroatoms. The Kier molecular flexibility index (Phi) is 11.5. The zero-order valence-electron chi connectivity index (χ0n) is 22.6. The van der Waals surface area contributed by atoms with Crippen LogP contribution in [0.3, 0.4) is 0 Å². The third-order valence-electron chi connectivity index (χ3n) is 4.96. The molecule has 3 N–H and O–H groups in total. The first-order valence-electron chi connectivity index (χ1n) is 12.3. The molecule has 0 fully saturated rings. The monoisotopic (exact) mass is 517 g/mol. The maximum Gasteiger partial charge on any atom is 0.407 e. The topological polar surface area (TPSA) is 133 Å². The van der Waals surface area contributed by atoms with Crippen LogP contribution in [0.15, 0.2) is 30.3 Å². The minimum Gasteiger partial charge on any atom is -0.444 e. The van der Waals surface area contributed by atoms with Gasteiger partial charge in [-0.05, 0) is 38.8 Å². The van der Waals surface area contributed by atoms with Crippen LogP contribution in [0.4, 0.5) is 16.3 Å². The van der Waals surface area contributed by atoms with Gasteiger partial charge in [0.25, 0.3) is 5.91 Å². The Morgan fingerprint density at radius 2 is 1.68 bits per heavy atom. The Morgan fingerprint density at radius 3 is 2.32 bits per heavy atom. The highest BCUT2D eigenvalue weighted by Gasteiger charge is 2.17. The number of aromatic nitrogens is 2. The third-order valence-corrected chi connectivity index (χ3v) is 4.96. The van der Waals surface area contributed by atoms with E-state index in [2.05, 4.69) is 34.9 Å². The minimum absolute atomic E-state index is 0.119. The summed E-state index contributed by atoms with van der Waals surface area (Å²) in [6, 6.07) is 8.63. The van der Waals surface area contributed by atoms with Crippen LogP contribution in [0.25, 0.3) is 0 Å². The molecule has 11 nitrogen and oxygen atoms in total. The van der Waals surface area contributed by atoms with E-state index in [9.17, 15) is 14.4 Å². The molecule has 0 radical (unpaired) electrons. The van der Waals surface area contributed by atoms with E-state index in [1.807, 2.05) is 13.1 Å². The number of para-hydroxylation sites is 1. The van der Waals surface area contributed by atoms with Gasteiger partial charge in [0.05, 0.1) is 44.1 Å². The molecule has 204 valence electrons. The number of carbonyl (C=O) groups is 3. The average molecular weight is 518 g/mol. The molecule has 0 saturated heterocycles. The Balaban J connectivity index is 1.68. The highest BCUT2D eigenvalue weighted by Crippen LogP contribution is 2.20. The second-order valence-corrected chi connectivity index (χ2v) is 9.68. The summed E-state index contributed by atoms with van der Waals surface area (Å²) in [6.07, 6.45) is -0.372. The van der Waals surface area contributed by atoms with Crippen molar-refractivity contribution in [2.24, 2.45) is 7.05 Å². The van der Waals surface area contributed by atoms with E-state index in [1.165, 1.54) is 0 Å². The molecule has 3 amide bonds. The number of aryl methyl sites for hydroxylation is 1. The second-order valence-electron chi connectivity index (χ2n) is 9.68. The molecular weight excluding hydrogens is 478 g/mol. The van der Waals surface area contributed by atoms with Gasteiger partial charge in [-0.15, -0.1) is 0 Å². The van der Waals surface area contributed by atoms with Crippen molar-refractivity contribution in [2.75, 3.05) is 43.6 Å². The maximum atomic E-state index is 12.8. The van der Waals surface area contributed by atoms with E-state index >= 15 is 0 Å². The Bertz CT molecular complexity index is 1040. The largest absolute Gasteiger partial charge is 0.444 e. The van der Waals surface area contributed by atoms with Gasteiger partial charge in [0, 0.05) is 25.4 Å². The van der Waals surface area contributed by atoms with E-state index in [0.29, 0.717) is 43.4 Å². The van der Waals surface area contributed by atoms with E-state index in [1.54, 1.807) is 49.7 Å². The lowest BCUT2D eigenvalue weighted by Crippen LogP contribution is -2.34. The Morgan fingerprint density at radius 1 is 1.00 bits per heavy atom. The number of alkyl carbamates (subject to hydrolysis) is 1. The fourth-order valence-electron chi connectivity index (χ4n) is 3.30. The summed E-state index contributed by atoms with van der Waals surface area (Å²) >= 11 is 0. The zero-order valence-corrected chi connectivity index (χ0v) is 22.6. The molecule has 2 rings (SSSR count). The summed E-state index contributed by atoms with van der Waals surface area (Å²) in [6.45, 7) is 11.0. The molecule has 0 atom stereocenters. The average Bonchev–Trinajstić information content (AvgIpc) is 3.17. The molecule has 0 aliphatic heterocycles. The van der Waals surface area contributed by atoms with Gasteiger partial charge >= 0.3 is 6.09 Å². The number of rotatable bonds is 13. The SMILES string of the molecule is CC(C)c1cc(NC(=O)c2ccccc2NC(=O)CCOCCOCCNC(=O)OC(C)(C)C)nn1C. The Labute approximate surface area is 218 Å². The summed E-state index contributed by atoms with van der Waals surface area (Å²) in [4.78, 5) is 36.7. The fourth-order valence-corrected chi connectivity index (χ4v) is 3.30.